The Morgan fingerprint density at radius 3 is 2.82 bits per heavy atom. The lowest BCUT2D eigenvalue weighted by Gasteiger charge is -2.31. The minimum atomic E-state index is -3.83. The fourth-order valence-corrected chi connectivity index (χ4v) is 2.29. The van der Waals surface area contributed by atoms with Gasteiger partial charge in [0.15, 0.2) is 6.35 Å². The Morgan fingerprint density at radius 1 is 1.53 bits per heavy atom. The van der Waals surface area contributed by atoms with Crippen molar-refractivity contribution in [1.29, 1.82) is 0 Å². The van der Waals surface area contributed by atoms with E-state index in [-0.39, 0.29) is 12.6 Å². The number of halogens is 2. The molecule has 0 spiro atoms. The molecule has 17 heavy (non-hydrogen) atoms. The zero-order valence-corrected chi connectivity index (χ0v) is 9.14. The standard InChI is InChI=1S/C9H15F2N3O3/c10-9(11,7(15)16)5-13-4-6-3-12-1-2-14(6)8(13)17/h6,8,12,17H,1-5H2,(H,15,16). The lowest BCUT2D eigenvalue weighted by atomic mass is 10.2. The third-order valence-corrected chi connectivity index (χ3v) is 3.18. The topological polar surface area (TPSA) is 76.0 Å². The highest BCUT2D eigenvalue weighted by molar-refractivity contribution is 5.75. The summed E-state index contributed by atoms with van der Waals surface area (Å²) in [5.74, 6) is -5.99. The molecule has 0 aromatic heterocycles. The summed E-state index contributed by atoms with van der Waals surface area (Å²) in [5, 5.41) is 21.3. The van der Waals surface area contributed by atoms with Crippen LogP contribution in [0.25, 0.3) is 0 Å². The van der Waals surface area contributed by atoms with Gasteiger partial charge in [-0.05, 0) is 0 Å². The van der Waals surface area contributed by atoms with Gasteiger partial charge in [-0.25, -0.2) is 4.79 Å². The van der Waals surface area contributed by atoms with Crippen molar-refractivity contribution in [3.05, 3.63) is 0 Å². The number of carboxylic acid groups (broad SMARTS) is 1. The van der Waals surface area contributed by atoms with Gasteiger partial charge in [-0.2, -0.15) is 8.78 Å². The van der Waals surface area contributed by atoms with Crippen LogP contribution in [0.15, 0.2) is 0 Å². The van der Waals surface area contributed by atoms with Crippen molar-refractivity contribution in [2.75, 3.05) is 32.7 Å². The molecule has 0 saturated carbocycles. The third kappa shape index (κ3) is 2.39. The number of aliphatic carboxylic acids is 1. The van der Waals surface area contributed by atoms with Crippen LogP contribution in [0.3, 0.4) is 0 Å². The molecule has 6 nitrogen and oxygen atoms in total. The average molecular weight is 251 g/mol. The van der Waals surface area contributed by atoms with E-state index in [0.717, 1.165) is 4.90 Å². The number of nitrogens with one attached hydrogen (secondary N) is 1. The SMILES string of the molecule is O=C(O)C(F)(F)CN1CC2CNCCN2C1O. The quantitative estimate of drug-likeness (QED) is 0.571. The van der Waals surface area contributed by atoms with Gasteiger partial charge in [-0.3, -0.25) is 9.80 Å². The van der Waals surface area contributed by atoms with Crippen LogP contribution in [0.1, 0.15) is 0 Å². The summed E-state index contributed by atoms with van der Waals surface area (Å²) in [6.45, 7) is 1.16. The van der Waals surface area contributed by atoms with Crippen LogP contribution in [-0.2, 0) is 4.79 Å². The minimum Gasteiger partial charge on any atom is -0.477 e. The summed E-state index contributed by atoms with van der Waals surface area (Å²) in [5.41, 5.74) is 0. The highest BCUT2D eigenvalue weighted by atomic mass is 19.3. The smallest absolute Gasteiger partial charge is 0.375 e. The first kappa shape index (κ1) is 12.6. The lowest BCUT2D eigenvalue weighted by molar-refractivity contribution is -0.172. The predicted octanol–water partition coefficient (Wildman–Crippen LogP) is -1.43. The Hall–Kier alpha value is -0.830. The number of carbonyl (C=O) groups is 1. The van der Waals surface area contributed by atoms with Crippen LogP contribution in [0.5, 0.6) is 0 Å². The van der Waals surface area contributed by atoms with Gasteiger partial charge in [0.25, 0.3) is 0 Å². The molecule has 2 aliphatic heterocycles. The van der Waals surface area contributed by atoms with Crippen molar-refractivity contribution in [3.8, 4) is 0 Å². The van der Waals surface area contributed by atoms with Gasteiger partial charge in [0.05, 0.1) is 6.54 Å². The highest BCUT2D eigenvalue weighted by Gasteiger charge is 2.47. The molecule has 0 radical (unpaired) electrons. The molecule has 0 amide bonds. The maximum atomic E-state index is 13.1. The second-order valence-electron chi connectivity index (χ2n) is 4.38. The van der Waals surface area contributed by atoms with E-state index in [2.05, 4.69) is 5.32 Å². The van der Waals surface area contributed by atoms with E-state index in [1.165, 1.54) is 0 Å². The van der Waals surface area contributed by atoms with Gasteiger partial charge in [0.1, 0.15) is 0 Å². The molecule has 0 bridgehead atoms. The van der Waals surface area contributed by atoms with E-state index in [1.807, 2.05) is 0 Å². The number of hydrogen-bond acceptors (Lipinski definition) is 5. The molecule has 2 atom stereocenters. The summed E-state index contributed by atoms with van der Waals surface area (Å²) in [7, 11) is 0. The van der Waals surface area contributed by atoms with Gasteiger partial charge in [0.2, 0.25) is 0 Å². The largest absolute Gasteiger partial charge is 0.477 e. The minimum absolute atomic E-state index is 0.0386. The molecule has 0 aliphatic carbocycles. The number of aliphatic hydroxyl groups excluding tert-OH is 1. The van der Waals surface area contributed by atoms with Crippen LogP contribution < -0.4 is 5.32 Å². The number of hydrogen-bond donors (Lipinski definition) is 3. The van der Waals surface area contributed by atoms with Crippen LogP contribution >= 0.6 is 0 Å². The Morgan fingerprint density at radius 2 is 2.24 bits per heavy atom. The van der Waals surface area contributed by atoms with Crippen LogP contribution in [-0.4, -0.2) is 77.0 Å². The van der Waals surface area contributed by atoms with Crippen molar-refractivity contribution < 1.29 is 23.8 Å². The molecule has 0 aromatic carbocycles. The van der Waals surface area contributed by atoms with E-state index in [0.29, 0.717) is 19.6 Å². The number of fused-ring (bicyclic) bond motifs is 1. The highest BCUT2D eigenvalue weighted by Crippen LogP contribution is 2.24. The normalized spacial score (nSPS) is 31.5. The Labute approximate surface area is 96.8 Å². The molecule has 0 aromatic rings. The number of aliphatic hydroxyl groups is 1. The van der Waals surface area contributed by atoms with E-state index in [1.54, 1.807) is 4.90 Å². The fourth-order valence-electron chi connectivity index (χ4n) is 2.29. The number of nitrogens with zero attached hydrogens (tertiary/aromatic N) is 2. The Balaban J connectivity index is 2.01. The molecular formula is C9H15F2N3O3. The molecule has 2 fully saturated rings. The molecule has 2 aliphatic rings. The second kappa shape index (κ2) is 4.45. The first-order chi connectivity index (χ1) is 7.92. The van der Waals surface area contributed by atoms with Crippen molar-refractivity contribution in [3.63, 3.8) is 0 Å². The third-order valence-electron chi connectivity index (χ3n) is 3.18. The van der Waals surface area contributed by atoms with Gasteiger partial charge in [-0.1, -0.05) is 0 Å². The number of alkyl halides is 2. The number of piperazine rings is 1. The van der Waals surface area contributed by atoms with Gasteiger partial charge in [0, 0.05) is 32.2 Å². The Bertz CT molecular complexity index is 316. The molecule has 8 heteroatoms. The van der Waals surface area contributed by atoms with E-state index < -0.39 is 24.8 Å². The average Bonchev–Trinajstić information content (AvgIpc) is 2.56. The zero-order valence-electron chi connectivity index (χ0n) is 9.14. The first-order valence-electron chi connectivity index (χ1n) is 5.41. The summed E-state index contributed by atoms with van der Waals surface area (Å²) >= 11 is 0. The lowest BCUT2D eigenvalue weighted by Crippen LogP contribution is -2.52. The first-order valence-corrected chi connectivity index (χ1v) is 5.41. The molecule has 2 saturated heterocycles. The van der Waals surface area contributed by atoms with E-state index >= 15 is 0 Å². The molecule has 2 unspecified atom stereocenters. The van der Waals surface area contributed by atoms with Crippen molar-refractivity contribution in [1.82, 2.24) is 15.1 Å². The molecule has 2 rings (SSSR count). The summed E-state index contributed by atoms with van der Waals surface area (Å²) in [4.78, 5) is 13.2. The van der Waals surface area contributed by atoms with Crippen LogP contribution in [0, 0.1) is 0 Å². The number of rotatable bonds is 3. The molecule has 2 heterocycles. The second-order valence-corrected chi connectivity index (χ2v) is 4.38. The van der Waals surface area contributed by atoms with E-state index in [9.17, 15) is 18.7 Å². The predicted molar refractivity (Wildman–Crippen MR) is 53.5 cm³/mol. The van der Waals surface area contributed by atoms with E-state index in [4.69, 9.17) is 5.11 Å². The van der Waals surface area contributed by atoms with Gasteiger partial charge in [-0.15, -0.1) is 0 Å². The maximum Gasteiger partial charge on any atom is 0.375 e. The van der Waals surface area contributed by atoms with Gasteiger partial charge < -0.3 is 15.5 Å². The fraction of sp³-hybridized carbons (Fsp3) is 0.889. The maximum absolute atomic E-state index is 13.1. The summed E-state index contributed by atoms with van der Waals surface area (Å²) in [6, 6.07) is -0.0386. The molecule has 3 N–H and O–H groups in total. The number of carboxylic acids is 1. The van der Waals surface area contributed by atoms with Crippen LogP contribution in [0.4, 0.5) is 8.78 Å². The summed E-state index contributed by atoms with van der Waals surface area (Å²) in [6.07, 6.45) is -1.12. The van der Waals surface area contributed by atoms with Crippen molar-refractivity contribution in [2.24, 2.45) is 0 Å². The Kier molecular flexibility index (Phi) is 3.30. The van der Waals surface area contributed by atoms with Crippen molar-refractivity contribution in [2.45, 2.75) is 18.3 Å². The van der Waals surface area contributed by atoms with Gasteiger partial charge >= 0.3 is 11.9 Å². The molecule has 98 valence electrons. The van der Waals surface area contributed by atoms with Crippen molar-refractivity contribution >= 4 is 5.97 Å². The monoisotopic (exact) mass is 251 g/mol. The molecular weight excluding hydrogens is 236 g/mol. The van der Waals surface area contributed by atoms with Crippen LogP contribution in [0.2, 0.25) is 0 Å². The zero-order chi connectivity index (χ0) is 12.6. The summed E-state index contributed by atoms with van der Waals surface area (Å²) < 4.78 is 26.1.